The quantitative estimate of drug-likeness (QED) is 0.583. The van der Waals surface area contributed by atoms with Gasteiger partial charge in [0.05, 0.1) is 43.1 Å². The van der Waals surface area contributed by atoms with Gasteiger partial charge in [-0.05, 0) is 44.7 Å². The van der Waals surface area contributed by atoms with Crippen LogP contribution in [0.5, 0.6) is 0 Å². The van der Waals surface area contributed by atoms with Crippen LogP contribution in [0.2, 0.25) is 0 Å². The lowest BCUT2D eigenvalue weighted by molar-refractivity contribution is -0.146. The van der Waals surface area contributed by atoms with Crippen LogP contribution >= 0.6 is 0 Å². The van der Waals surface area contributed by atoms with Gasteiger partial charge in [0, 0.05) is 49.9 Å². The Hall–Kier alpha value is -3.45. The van der Waals surface area contributed by atoms with Crippen LogP contribution in [0.3, 0.4) is 0 Å². The number of aromatic amines is 1. The standard InChI is InChI=1S/C26H33N7O3/c1-19-22(15-29-30-25(19)35)33-9-2-3-21(33)16-36-12-6-24(34)32-17-26(18-32)7-10-31(11-8-26)23-5-4-20(13-27)14-28-23/h4-5,14-15,21H,2-3,6-12,16-18H2,1H3,(H,30,35)/t21-/m0/s1. The van der Waals surface area contributed by atoms with Crippen molar-refractivity contribution in [2.24, 2.45) is 5.41 Å². The van der Waals surface area contributed by atoms with Crippen molar-refractivity contribution >= 4 is 17.4 Å². The average Bonchev–Trinajstić information content (AvgIpc) is 3.35. The Balaban J connectivity index is 1.02. The maximum absolute atomic E-state index is 12.7. The number of nitrogens with one attached hydrogen (secondary N) is 1. The first-order valence-corrected chi connectivity index (χ1v) is 12.8. The first kappa shape index (κ1) is 24.3. The number of piperidine rings is 1. The van der Waals surface area contributed by atoms with E-state index >= 15 is 0 Å². The summed E-state index contributed by atoms with van der Waals surface area (Å²) in [5.74, 6) is 1.08. The van der Waals surface area contributed by atoms with Crippen molar-refractivity contribution in [2.45, 2.75) is 45.1 Å². The summed E-state index contributed by atoms with van der Waals surface area (Å²) in [6.07, 6.45) is 7.87. The van der Waals surface area contributed by atoms with Crippen molar-refractivity contribution in [3.8, 4) is 6.07 Å². The number of rotatable bonds is 7. The molecule has 1 atom stereocenters. The van der Waals surface area contributed by atoms with Crippen LogP contribution in [0.15, 0.2) is 29.3 Å². The summed E-state index contributed by atoms with van der Waals surface area (Å²) < 4.78 is 5.92. The van der Waals surface area contributed by atoms with E-state index < -0.39 is 0 Å². The van der Waals surface area contributed by atoms with E-state index in [4.69, 9.17) is 10.00 Å². The fourth-order valence-corrected chi connectivity index (χ4v) is 5.71. The molecule has 3 saturated heterocycles. The second-order valence-corrected chi connectivity index (χ2v) is 10.3. The van der Waals surface area contributed by atoms with Gasteiger partial charge in [-0.1, -0.05) is 0 Å². The third-order valence-corrected chi connectivity index (χ3v) is 7.97. The number of aromatic nitrogens is 3. The third kappa shape index (κ3) is 4.93. The molecule has 1 amide bonds. The number of H-pyrrole nitrogens is 1. The minimum absolute atomic E-state index is 0.159. The van der Waals surface area contributed by atoms with Gasteiger partial charge in [-0.15, -0.1) is 0 Å². The molecule has 2 aromatic rings. The molecule has 3 aliphatic heterocycles. The summed E-state index contributed by atoms with van der Waals surface area (Å²) in [6, 6.07) is 6.03. The fourth-order valence-electron chi connectivity index (χ4n) is 5.71. The minimum atomic E-state index is -0.159. The number of amides is 1. The van der Waals surface area contributed by atoms with E-state index in [-0.39, 0.29) is 22.9 Å². The highest BCUT2D eigenvalue weighted by molar-refractivity contribution is 5.77. The first-order valence-electron chi connectivity index (χ1n) is 12.8. The molecule has 0 unspecified atom stereocenters. The normalized spacial score (nSPS) is 20.9. The summed E-state index contributed by atoms with van der Waals surface area (Å²) in [5, 5.41) is 15.4. The predicted molar refractivity (Wildman–Crippen MR) is 135 cm³/mol. The lowest BCUT2D eigenvalue weighted by Crippen LogP contribution is -2.62. The summed E-state index contributed by atoms with van der Waals surface area (Å²) in [6.45, 7) is 7.15. The van der Waals surface area contributed by atoms with Crippen LogP contribution in [-0.4, -0.2) is 78.0 Å². The van der Waals surface area contributed by atoms with Crippen molar-refractivity contribution in [2.75, 3.05) is 55.7 Å². The number of anilines is 2. The van der Waals surface area contributed by atoms with Crippen molar-refractivity contribution in [1.29, 1.82) is 5.26 Å². The van der Waals surface area contributed by atoms with E-state index in [0.29, 0.717) is 30.8 Å². The molecule has 1 N–H and O–H groups in total. The molecular formula is C26H33N7O3. The molecular weight excluding hydrogens is 458 g/mol. The number of nitrogens with zero attached hydrogens (tertiary/aromatic N) is 6. The molecule has 0 bridgehead atoms. The highest BCUT2D eigenvalue weighted by atomic mass is 16.5. The number of hydrogen-bond donors (Lipinski definition) is 1. The highest BCUT2D eigenvalue weighted by Crippen LogP contribution is 2.41. The molecule has 10 heteroatoms. The van der Waals surface area contributed by atoms with Crippen molar-refractivity contribution in [1.82, 2.24) is 20.1 Å². The molecule has 0 saturated carbocycles. The van der Waals surface area contributed by atoms with Crippen molar-refractivity contribution < 1.29 is 9.53 Å². The van der Waals surface area contributed by atoms with Crippen molar-refractivity contribution in [3.63, 3.8) is 0 Å². The van der Waals surface area contributed by atoms with Crippen LogP contribution in [0.4, 0.5) is 11.5 Å². The van der Waals surface area contributed by atoms with Crippen molar-refractivity contribution in [3.05, 3.63) is 46.0 Å². The Labute approximate surface area is 210 Å². The molecule has 3 aliphatic rings. The number of hydrogen-bond acceptors (Lipinski definition) is 8. The fraction of sp³-hybridized carbons (Fsp3) is 0.577. The first-order chi connectivity index (χ1) is 17.5. The molecule has 5 heterocycles. The second kappa shape index (κ2) is 10.3. The maximum atomic E-state index is 12.7. The Morgan fingerprint density at radius 3 is 2.78 bits per heavy atom. The van der Waals surface area contributed by atoms with E-state index in [2.05, 4.69) is 31.1 Å². The van der Waals surface area contributed by atoms with E-state index in [1.165, 1.54) is 0 Å². The number of nitriles is 1. The summed E-state index contributed by atoms with van der Waals surface area (Å²) in [5.41, 5.74) is 2.19. The van der Waals surface area contributed by atoms with Gasteiger partial charge in [-0.2, -0.15) is 10.4 Å². The number of carbonyl (C=O) groups is 1. The SMILES string of the molecule is Cc1c(N2CCC[C@H]2COCCC(=O)N2CC3(CCN(c4ccc(C#N)cn4)CC3)C2)cn[nH]c1=O. The van der Waals surface area contributed by atoms with E-state index in [1.807, 2.05) is 24.0 Å². The Morgan fingerprint density at radius 1 is 1.25 bits per heavy atom. The van der Waals surface area contributed by atoms with Gasteiger partial charge in [0.1, 0.15) is 11.9 Å². The number of likely N-dealkylation sites (tertiary alicyclic amines) is 1. The van der Waals surface area contributed by atoms with Crippen LogP contribution in [-0.2, 0) is 9.53 Å². The van der Waals surface area contributed by atoms with Crippen LogP contribution in [0.25, 0.3) is 0 Å². The summed E-state index contributed by atoms with van der Waals surface area (Å²) in [4.78, 5) is 35.5. The van der Waals surface area contributed by atoms with Gasteiger partial charge in [-0.3, -0.25) is 9.59 Å². The molecule has 2 aromatic heterocycles. The predicted octanol–water partition coefficient (Wildman–Crippen LogP) is 1.85. The zero-order chi connectivity index (χ0) is 25.1. The molecule has 190 valence electrons. The number of ether oxygens (including phenoxy) is 1. The second-order valence-electron chi connectivity index (χ2n) is 10.3. The largest absolute Gasteiger partial charge is 0.379 e. The number of carbonyl (C=O) groups excluding carboxylic acids is 1. The molecule has 1 spiro atoms. The minimum Gasteiger partial charge on any atom is -0.379 e. The van der Waals surface area contributed by atoms with Crippen LogP contribution in [0, 0.1) is 23.7 Å². The Morgan fingerprint density at radius 2 is 2.06 bits per heavy atom. The number of pyridine rings is 1. The monoisotopic (exact) mass is 491 g/mol. The molecule has 0 radical (unpaired) electrons. The molecule has 10 nitrogen and oxygen atoms in total. The highest BCUT2D eigenvalue weighted by Gasteiger charge is 2.46. The van der Waals surface area contributed by atoms with E-state index in [1.54, 1.807) is 12.4 Å². The average molecular weight is 492 g/mol. The van der Waals surface area contributed by atoms with Gasteiger partial charge in [0.15, 0.2) is 0 Å². The van der Waals surface area contributed by atoms with Crippen LogP contribution in [0.1, 0.15) is 43.2 Å². The van der Waals surface area contributed by atoms with E-state index in [9.17, 15) is 9.59 Å². The third-order valence-electron chi connectivity index (χ3n) is 7.97. The lowest BCUT2D eigenvalue weighted by Gasteiger charge is -2.54. The molecule has 36 heavy (non-hydrogen) atoms. The zero-order valence-electron chi connectivity index (χ0n) is 20.8. The van der Waals surface area contributed by atoms with Gasteiger partial charge in [0.25, 0.3) is 5.56 Å². The topological polar surface area (TPSA) is 118 Å². The van der Waals surface area contributed by atoms with Gasteiger partial charge >= 0.3 is 0 Å². The van der Waals surface area contributed by atoms with Gasteiger partial charge < -0.3 is 19.4 Å². The molecule has 0 aliphatic carbocycles. The summed E-state index contributed by atoms with van der Waals surface area (Å²) >= 11 is 0. The molecule has 3 fully saturated rings. The van der Waals surface area contributed by atoms with Gasteiger partial charge in [-0.25, -0.2) is 10.1 Å². The molecule has 5 rings (SSSR count). The smallest absolute Gasteiger partial charge is 0.269 e. The zero-order valence-corrected chi connectivity index (χ0v) is 20.8. The molecule has 0 aromatic carbocycles. The van der Waals surface area contributed by atoms with Gasteiger partial charge in [0.2, 0.25) is 5.91 Å². The Kier molecular flexibility index (Phi) is 6.92. The maximum Gasteiger partial charge on any atom is 0.269 e. The summed E-state index contributed by atoms with van der Waals surface area (Å²) in [7, 11) is 0. The van der Waals surface area contributed by atoms with E-state index in [0.717, 1.165) is 69.9 Å². The van der Waals surface area contributed by atoms with Crippen LogP contribution < -0.4 is 15.4 Å². The Bertz CT molecular complexity index is 1170. The lowest BCUT2D eigenvalue weighted by atomic mass is 9.72.